The molecule has 0 saturated carbocycles. The van der Waals surface area contributed by atoms with Crippen molar-refractivity contribution in [3.8, 4) is 11.5 Å². The van der Waals surface area contributed by atoms with E-state index in [1.165, 1.54) is 0 Å². The first-order valence-corrected chi connectivity index (χ1v) is 5.91. The highest BCUT2D eigenvalue weighted by Crippen LogP contribution is 2.40. The molecule has 4 heteroatoms. The van der Waals surface area contributed by atoms with E-state index in [0.29, 0.717) is 17.1 Å². The molecular weight excluding hydrogens is 232 g/mol. The van der Waals surface area contributed by atoms with Crippen molar-refractivity contribution in [3.05, 3.63) is 23.3 Å². The summed E-state index contributed by atoms with van der Waals surface area (Å²) in [5, 5.41) is 9.23. The van der Waals surface area contributed by atoms with Gasteiger partial charge in [-0.3, -0.25) is 4.79 Å². The van der Waals surface area contributed by atoms with Crippen molar-refractivity contribution in [2.24, 2.45) is 0 Å². The predicted octanol–water partition coefficient (Wildman–Crippen LogP) is 3.02. The number of carbonyl (C=O) groups is 1. The molecule has 1 aromatic carbocycles. The average molecular weight is 252 g/mol. The molecule has 0 fully saturated rings. The van der Waals surface area contributed by atoms with Crippen molar-refractivity contribution in [2.45, 2.75) is 32.6 Å². The fourth-order valence-corrected chi connectivity index (χ4v) is 2.12. The second kappa shape index (κ2) is 5.76. The van der Waals surface area contributed by atoms with Crippen LogP contribution in [0.1, 0.15) is 43.7 Å². The van der Waals surface area contributed by atoms with Gasteiger partial charge in [-0.25, -0.2) is 0 Å². The van der Waals surface area contributed by atoms with Crippen LogP contribution in [0.4, 0.5) is 0 Å². The van der Waals surface area contributed by atoms with E-state index < -0.39 is 11.9 Å². The van der Waals surface area contributed by atoms with Gasteiger partial charge in [0.15, 0.2) is 0 Å². The Morgan fingerprint density at radius 1 is 1.06 bits per heavy atom. The Balaban J connectivity index is 3.54. The molecule has 100 valence electrons. The number of carboxylic acid groups (broad SMARTS) is 1. The zero-order valence-corrected chi connectivity index (χ0v) is 11.5. The highest BCUT2D eigenvalue weighted by Gasteiger charge is 2.26. The summed E-state index contributed by atoms with van der Waals surface area (Å²) >= 11 is 0. The lowest BCUT2D eigenvalue weighted by Gasteiger charge is -2.22. The largest absolute Gasteiger partial charge is 0.496 e. The zero-order valence-electron chi connectivity index (χ0n) is 11.5. The Labute approximate surface area is 108 Å². The summed E-state index contributed by atoms with van der Waals surface area (Å²) in [4.78, 5) is 11.2. The molecule has 1 N–H and O–H groups in total. The maximum absolute atomic E-state index is 11.2. The SMILES string of the molecule is COc1ccc(OC)c(C(C)C(=O)O)c1C(C)C. The van der Waals surface area contributed by atoms with Crippen LogP contribution in [0.3, 0.4) is 0 Å². The highest BCUT2D eigenvalue weighted by atomic mass is 16.5. The van der Waals surface area contributed by atoms with Crippen molar-refractivity contribution < 1.29 is 19.4 Å². The second-order valence-electron chi connectivity index (χ2n) is 4.51. The first-order chi connectivity index (χ1) is 8.43. The number of ether oxygens (including phenoxy) is 2. The van der Waals surface area contributed by atoms with Gasteiger partial charge in [-0.15, -0.1) is 0 Å². The minimum Gasteiger partial charge on any atom is -0.496 e. The molecule has 1 aromatic rings. The van der Waals surface area contributed by atoms with Crippen molar-refractivity contribution >= 4 is 5.97 Å². The van der Waals surface area contributed by atoms with Crippen molar-refractivity contribution in [3.63, 3.8) is 0 Å². The third-order valence-corrected chi connectivity index (χ3v) is 3.03. The molecule has 0 bridgehead atoms. The second-order valence-corrected chi connectivity index (χ2v) is 4.51. The topological polar surface area (TPSA) is 55.8 Å². The normalized spacial score (nSPS) is 12.3. The zero-order chi connectivity index (χ0) is 13.9. The Bertz CT molecular complexity index is 438. The van der Waals surface area contributed by atoms with E-state index in [9.17, 15) is 9.90 Å². The van der Waals surface area contributed by atoms with Crippen LogP contribution >= 0.6 is 0 Å². The first-order valence-electron chi connectivity index (χ1n) is 5.91. The van der Waals surface area contributed by atoms with Crippen molar-refractivity contribution in [1.29, 1.82) is 0 Å². The molecule has 0 saturated heterocycles. The minimum absolute atomic E-state index is 0.159. The van der Waals surface area contributed by atoms with E-state index >= 15 is 0 Å². The van der Waals surface area contributed by atoms with Crippen LogP contribution in [-0.4, -0.2) is 25.3 Å². The molecule has 1 rings (SSSR count). The Morgan fingerprint density at radius 3 is 1.83 bits per heavy atom. The average Bonchev–Trinajstić information content (AvgIpc) is 2.35. The summed E-state index contributed by atoms with van der Waals surface area (Å²) in [6, 6.07) is 3.56. The van der Waals surface area contributed by atoms with Crippen LogP contribution in [0.25, 0.3) is 0 Å². The molecule has 0 aliphatic rings. The fourth-order valence-electron chi connectivity index (χ4n) is 2.12. The van der Waals surface area contributed by atoms with Crippen LogP contribution in [0.2, 0.25) is 0 Å². The molecule has 0 radical (unpaired) electrons. The highest BCUT2D eigenvalue weighted by molar-refractivity contribution is 5.78. The van der Waals surface area contributed by atoms with Gasteiger partial charge in [-0.05, 0) is 25.0 Å². The smallest absolute Gasteiger partial charge is 0.310 e. The van der Waals surface area contributed by atoms with E-state index in [4.69, 9.17) is 9.47 Å². The van der Waals surface area contributed by atoms with Gasteiger partial charge in [0.2, 0.25) is 0 Å². The van der Waals surface area contributed by atoms with Gasteiger partial charge in [-0.1, -0.05) is 13.8 Å². The summed E-state index contributed by atoms with van der Waals surface area (Å²) < 4.78 is 10.6. The van der Waals surface area contributed by atoms with Gasteiger partial charge in [0, 0.05) is 11.1 Å². The summed E-state index contributed by atoms with van der Waals surface area (Å²) in [5.41, 5.74) is 1.59. The quantitative estimate of drug-likeness (QED) is 0.875. The summed E-state index contributed by atoms with van der Waals surface area (Å²) in [5.74, 6) is -0.0500. The molecular formula is C14H20O4. The predicted molar refractivity (Wildman–Crippen MR) is 69.7 cm³/mol. The molecule has 0 aliphatic carbocycles. The van der Waals surface area contributed by atoms with Crippen LogP contribution < -0.4 is 9.47 Å². The monoisotopic (exact) mass is 252 g/mol. The summed E-state index contributed by atoms with van der Waals surface area (Å²) in [6.45, 7) is 5.68. The Morgan fingerprint density at radius 2 is 1.50 bits per heavy atom. The number of aliphatic carboxylic acids is 1. The van der Waals surface area contributed by atoms with E-state index in [1.54, 1.807) is 27.2 Å². The minimum atomic E-state index is -0.872. The number of hydrogen-bond acceptors (Lipinski definition) is 3. The molecule has 0 spiro atoms. The van der Waals surface area contributed by atoms with Crippen LogP contribution in [0, 0.1) is 0 Å². The number of rotatable bonds is 5. The van der Waals surface area contributed by atoms with Crippen molar-refractivity contribution in [1.82, 2.24) is 0 Å². The Kier molecular flexibility index (Phi) is 4.59. The van der Waals surface area contributed by atoms with Crippen LogP contribution in [0.5, 0.6) is 11.5 Å². The Hall–Kier alpha value is -1.71. The standard InChI is InChI=1S/C14H20O4/c1-8(2)12-10(17-4)6-7-11(18-5)13(12)9(3)14(15)16/h6-9H,1-5H3,(H,15,16). The summed E-state index contributed by atoms with van der Waals surface area (Å²) in [7, 11) is 3.13. The molecule has 4 nitrogen and oxygen atoms in total. The summed E-state index contributed by atoms with van der Waals surface area (Å²) in [6.07, 6.45) is 0. The van der Waals surface area contributed by atoms with Gasteiger partial charge < -0.3 is 14.6 Å². The molecule has 18 heavy (non-hydrogen) atoms. The van der Waals surface area contributed by atoms with E-state index in [1.807, 2.05) is 19.9 Å². The van der Waals surface area contributed by atoms with Gasteiger partial charge in [0.25, 0.3) is 0 Å². The van der Waals surface area contributed by atoms with Gasteiger partial charge in [0.05, 0.1) is 20.1 Å². The molecule has 1 unspecified atom stereocenters. The van der Waals surface area contributed by atoms with E-state index in [-0.39, 0.29) is 5.92 Å². The number of benzene rings is 1. The maximum Gasteiger partial charge on any atom is 0.310 e. The molecule has 0 amide bonds. The molecule has 0 aromatic heterocycles. The lowest BCUT2D eigenvalue weighted by Crippen LogP contribution is -2.13. The maximum atomic E-state index is 11.2. The van der Waals surface area contributed by atoms with Gasteiger partial charge in [-0.2, -0.15) is 0 Å². The van der Waals surface area contributed by atoms with Gasteiger partial charge in [0.1, 0.15) is 11.5 Å². The van der Waals surface area contributed by atoms with Gasteiger partial charge >= 0.3 is 5.97 Å². The lowest BCUT2D eigenvalue weighted by atomic mass is 9.88. The molecule has 0 aliphatic heterocycles. The molecule has 0 heterocycles. The van der Waals surface area contributed by atoms with E-state index in [2.05, 4.69) is 0 Å². The van der Waals surface area contributed by atoms with Crippen LogP contribution in [-0.2, 0) is 4.79 Å². The number of methoxy groups -OCH3 is 2. The number of carboxylic acids is 1. The first kappa shape index (κ1) is 14.4. The number of hydrogen-bond donors (Lipinski definition) is 1. The molecule has 1 atom stereocenters. The third-order valence-electron chi connectivity index (χ3n) is 3.03. The lowest BCUT2D eigenvalue weighted by molar-refractivity contribution is -0.138. The van der Waals surface area contributed by atoms with Crippen LogP contribution in [0.15, 0.2) is 12.1 Å². The fraction of sp³-hybridized carbons (Fsp3) is 0.500. The van der Waals surface area contributed by atoms with E-state index in [0.717, 1.165) is 5.56 Å². The van der Waals surface area contributed by atoms with Crippen molar-refractivity contribution in [2.75, 3.05) is 14.2 Å². The third kappa shape index (κ3) is 2.58.